The third kappa shape index (κ3) is 8.45. The second kappa shape index (κ2) is 7.42. The number of carbonyl (C=O) groups excluding carboxylic acids is 1. The maximum Gasteiger partial charge on any atom is 0.367 e. The molecule has 0 N–H and O–H groups in total. The lowest BCUT2D eigenvalue weighted by molar-refractivity contribution is -0.151. The molecule has 0 amide bonds. The molecule has 3 heteroatoms. The largest absolute Gasteiger partial charge is 0.455 e. The number of halogens is 1. The minimum absolute atomic E-state index is 0.602. The van der Waals surface area contributed by atoms with Crippen molar-refractivity contribution in [3.63, 3.8) is 0 Å². The Hall–Kier alpha value is -0.860. The Bertz CT molecular complexity index is 239. The molecule has 0 radical (unpaired) electrons. The van der Waals surface area contributed by atoms with Crippen LogP contribution in [0, 0.1) is 0 Å². The SMILES string of the molecule is CCCCCC/C=C(\F)C(=O)OC(C)(C)C. The lowest BCUT2D eigenvalue weighted by atomic mass is 10.1. The molecule has 0 heterocycles. The average molecular weight is 230 g/mol. The zero-order valence-corrected chi connectivity index (χ0v) is 10.8. The summed E-state index contributed by atoms with van der Waals surface area (Å²) >= 11 is 0. The van der Waals surface area contributed by atoms with E-state index in [2.05, 4.69) is 6.92 Å². The van der Waals surface area contributed by atoms with E-state index in [1.165, 1.54) is 6.08 Å². The van der Waals surface area contributed by atoms with E-state index in [9.17, 15) is 9.18 Å². The van der Waals surface area contributed by atoms with Gasteiger partial charge in [-0.1, -0.05) is 26.2 Å². The van der Waals surface area contributed by atoms with E-state index in [1.54, 1.807) is 20.8 Å². The molecule has 94 valence electrons. The summed E-state index contributed by atoms with van der Waals surface area (Å²) in [6, 6.07) is 0. The predicted molar refractivity (Wildman–Crippen MR) is 63.8 cm³/mol. The summed E-state index contributed by atoms with van der Waals surface area (Å²) in [6.45, 7) is 7.29. The van der Waals surface area contributed by atoms with Gasteiger partial charge in [0.2, 0.25) is 5.83 Å². The van der Waals surface area contributed by atoms with E-state index in [4.69, 9.17) is 4.74 Å². The summed E-state index contributed by atoms with van der Waals surface area (Å²) in [5.74, 6) is -1.63. The predicted octanol–water partition coefficient (Wildman–Crippen LogP) is 4.15. The molecule has 0 rings (SSSR count). The molecule has 0 aliphatic heterocycles. The first-order valence-electron chi connectivity index (χ1n) is 5.96. The Balaban J connectivity index is 3.89. The van der Waals surface area contributed by atoms with Crippen LogP contribution < -0.4 is 0 Å². The molecule has 16 heavy (non-hydrogen) atoms. The van der Waals surface area contributed by atoms with Crippen LogP contribution in [0.5, 0.6) is 0 Å². The molecule has 2 nitrogen and oxygen atoms in total. The Labute approximate surface area is 97.9 Å². The monoisotopic (exact) mass is 230 g/mol. The van der Waals surface area contributed by atoms with Gasteiger partial charge in [0.05, 0.1) is 0 Å². The van der Waals surface area contributed by atoms with Crippen molar-refractivity contribution in [2.24, 2.45) is 0 Å². The topological polar surface area (TPSA) is 26.3 Å². The Morgan fingerprint density at radius 3 is 2.38 bits per heavy atom. The van der Waals surface area contributed by atoms with E-state index in [-0.39, 0.29) is 0 Å². The molecule has 0 spiro atoms. The fraction of sp³-hybridized carbons (Fsp3) is 0.769. The van der Waals surface area contributed by atoms with Gasteiger partial charge in [0, 0.05) is 0 Å². The first-order chi connectivity index (χ1) is 7.37. The molecule has 0 saturated carbocycles. The van der Waals surface area contributed by atoms with Crippen molar-refractivity contribution in [2.45, 2.75) is 65.4 Å². The smallest absolute Gasteiger partial charge is 0.367 e. The molecule has 0 aliphatic carbocycles. The highest BCUT2D eigenvalue weighted by molar-refractivity contribution is 5.86. The van der Waals surface area contributed by atoms with Crippen LogP contribution in [0.15, 0.2) is 11.9 Å². The Kier molecular flexibility index (Phi) is 7.02. The van der Waals surface area contributed by atoms with Crippen LogP contribution >= 0.6 is 0 Å². The van der Waals surface area contributed by atoms with E-state index < -0.39 is 17.4 Å². The third-order valence-electron chi connectivity index (χ3n) is 1.98. The summed E-state index contributed by atoms with van der Waals surface area (Å²) in [7, 11) is 0. The number of ether oxygens (including phenoxy) is 1. The average Bonchev–Trinajstić information content (AvgIpc) is 2.14. The minimum Gasteiger partial charge on any atom is -0.455 e. The van der Waals surface area contributed by atoms with Gasteiger partial charge in [0.15, 0.2) is 0 Å². The van der Waals surface area contributed by atoms with Crippen molar-refractivity contribution >= 4 is 5.97 Å². The van der Waals surface area contributed by atoms with Crippen LogP contribution in [0.25, 0.3) is 0 Å². The second-order valence-electron chi connectivity index (χ2n) is 4.90. The summed E-state index contributed by atoms with van der Waals surface area (Å²) in [5, 5.41) is 0. The molecule has 0 bridgehead atoms. The second-order valence-corrected chi connectivity index (χ2v) is 4.90. The van der Waals surface area contributed by atoms with E-state index in [0.717, 1.165) is 25.7 Å². The highest BCUT2D eigenvalue weighted by atomic mass is 19.1. The fourth-order valence-corrected chi connectivity index (χ4v) is 1.21. The molecule has 0 unspecified atom stereocenters. The van der Waals surface area contributed by atoms with Crippen LogP contribution in [0.1, 0.15) is 59.8 Å². The van der Waals surface area contributed by atoms with Gasteiger partial charge in [0.1, 0.15) is 5.60 Å². The van der Waals surface area contributed by atoms with Gasteiger partial charge in [-0.15, -0.1) is 0 Å². The maximum absolute atomic E-state index is 13.2. The van der Waals surface area contributed by atoms with Gasteiger partial charge in [-0.3, -0.25) is 0 Å². The molecule has 0 aromatic rings. The summed E-state index contributed by atoms with van der Waals surface area (Å²) in [6.07, 6.45) is 6.23. The standard InChI is InChI=1S/C13H23FO2/c1-5-6-7-8-9-10-11(14)12(15)16-13(2,3)4/h10H,5-9H2,1-4H3/b11-10-. The third-order valence-corrected chi connectivity index (χ3v) is 1.98. The van der Waals surface area contributed by atoms with Crippen LogP contribution in [-0.4, -0.2) is 11.6 Å². The first-order valence-corrected chi connectivity index (χ1v) is 5.96. The van der Waals surface area contributed by atoms with Crippen molar-refractivity contribution in [3.05, 3.63) is 11.9 Å². The zero-order chi connectivity index (χ0) is 12.6. The van der Waals surface area contributed by atoms with Gasteiger partial charge in [-0.2, -0.15) is 4.39 Å². The number of carbonyl (C=O) groups is 1. The molecule has 0 aromatic heterocycles. The number of allylic oxidation sites excluding steroid dienone is 1. The van der Waals surface area contributed by atoms with Gasteiger partial charge >= 0.3 is 5.97 Å². The number of hydrogen-bond acceptors (Lipinski definition) is 2. The molecule has 0 aliphatic rings. The molecular formula is C13H23FO2. The van der Waals surface area contributed by atoms with Gasteiger partial charge in [-0.05, 0) is 39.7 Å². The van der Waals surface area contributed by atoms with E-state index in [0.29, 0.717) is 6.42 Å². The van der Waals surface area contributed by atoms with Crippen molar-refractivity contribution in [3.8, 4) is 0 Å². The van der Waals surface area contributed by atoms with Crippen LogP contribution in [0.2, 0.25) is 0 Å². The molecule has 0 atom stereocenters. The molecule has 0 fully saturated rings. The van der Waals surface area contributed by atoms with Crippen LogP contribution in [-0.2, 0) is 9.53 Å². The highest BCUT2D eigenvalue weighted by Crippen LogP contribution is 2.13. The van der Waals surface area contributed by atoms with Crippen molar-refractivity contribution < 1.29 is 13.9 Å². The van der Waals surface area contributed by atoms with E-state index in [1.807, 2.05) is 0 Å². The quantitative estimate of drug-likeness (QED) is 0.389. The number of rotatable bonds is 6. The van der Waals surface area contributed by atoms with Crippen LogP contribution in [0.4, 0.5) is 4.39 Å². The van der Waals surface area contributed by atoms with Gasteiger partial charge in [0.25, 0.3) is 0 Å². The minimum atomic E-state index is -0.858. The number of hydrogen-bond donors (Lipinski definition) is 0. The normalized spacial score (nSPS) is 12.7. The Morgan fingerprint density at radius 2 is 1.88 bits per heavy atom. The van der Waals surface area contributed by atoms with Crippen molar-refractivity contribution in [2.75, 3.05) is 0 Å². The number of unbranched alkanes of at least 4 members (excludes halogenated alkanes) is 4. The van der Waals surface area contributed by atoms with Gasteiger partial charge in [-0.25, -0.2) is 4.79 Å². The number of esters is 1. The highest BCUT2D eigenvalue weighted by Gasteiger charge is 2.19. The van der Waals surface area contributed by atoms with Gasteiger partial charge < -0.3 is 4.74 Å². The summed E-state index contributed by atoms with van der Waals surface area (Å²) < 4.78 is 18.1. The van der Waals surface area contributed by atoms with Crippen molar-refractivity contribution in [1.82, 2.24) is 0 Å². The summed E-state index contributed by atoms with van der Waals surface area (Å²) in [5.41, 5.74) is -0.634. The van der Waals surface area contributed by atoms with E-state index >= 15 is 0 Å². The summed E-state index contributed by atoms with van der Waals surface area (Å²) in [4.78, 5) is 11.2. The first kappa shape index (κ1) is 15.1. The zero-order valence-electron chi connectivity index (χ0n) is 10.8. The fourth-order valence-electron chi connectivity index (χ4n) is 1.21. The van der Waals surface area contributed by atoms with Crippen molar-refractivity contribution in [1.29, 1.82) is 0 Å². The maximum atomic E-state index is 13.2. The molecular weight excluding hydrogens is 207 g/mol. The van der Waals surface area contributed by atoms with Crippen LogP contribution in [0.3, 0.4) is 0 Å². The lowest BCUT2D eigenvalue weighted by Crippen LogP contribution is -2.24. The molecule has 0 saturated heterocycles. The lowest BCUT2D eigenvalue weighted by Gasteiger charge is -2.18. The Morgan fingerprint density at radius 1 is 1.25 bits per heavy atom. The molecule has 0 aromatic carbocycles.